The van der Waals surface area contributed by atoms with Gasteiger partial charge in [0.25, 0.3) is 5.91 Å². The number of rotatable bonds is 4. The highest BCUT2D eigenvalue weighted by Crippen LogP contribution is 2.23. The van der Waals surface area contributed by atoms with Crippen LogP contribution in [0.15, 0.2) is 45.9 Å². The molecule has 1 aliphatic heterocycles. The molecule has 1 aromatic carbocycles. The van der Waals surface area contributed by atoms with Gasteiger partial charge in [-0.1, -0.05) is 12.1 Å². The van der Waals surface area contributed by atoms with E-state index in [1.165, 1.54) is 6.21 Å². The molecule has 1 aliphatic rings. The molecule has 7 heteroatoms. The first-order chi connectivity index (χ1) is 11.1. The number of benzene rings is 1. The zero-order valence-corrected chi connectivity index (χ0v) is 12.6. The van der Waals surface area contributed by atoms with E-state index < -0.39 is 6.04 Å². The number of amides is 1. The summed E-state index contributed by atoms with van der Waals surface area (Å²) >= 11 is 0. The van der Waals surface area contributed by atoms with Gasteiger partial charge >= 0.3 is 0 Å². The SMILES string of the molecule is Cc1ccc(C2CC(C(=O)N/N=C/c3ccccc3O)NN2)o1. The Balaban J connectivity index is 1.54. The van der Waals surface area contributed by atoms with Crippen molar-refractivity contribution in [1.29, 1.82) is 0 Å². The molecule has 2 atom stereocenters. The zero-order valence-electron chi connectivity index (χ0n) is 12.6. The minimum absolute atomic E-state index is 0.0541. The Kier molecular flexibility index (Phi) is 4.40. The summed E-state index contributed by atoms with van der Waals surface area (Å²) in [5.41, 5.74) is 8.97. The molecular formula is C16H18N4O3. The number of hydrazone groups is 1. The van der Waals surface area contributed by atoms with Gasteiger partial charge in [-0.15, -0.1) is 0 Å². The number of carbonyl (C=O) groups excluding carboxylic acids is 1. The van der Waals surface area contributed by atoms with Crippen molar-refractivity contribution in [1.82, 2.24) is 16.3 Å². The van der Waals surface area contributed by atoms with E-state index in [1.807, 2.05) is 19.1 Å². The third kappa shape index (κ3) is 3.58. The summed E-state index contributed by atoms with van der Waals surface area (Å²) in [4.78, 5) is 12.1. The summed E-state index contributed by atoms with van der Waals surface area (Å²) < 4.78 is 5.56. The molecule has 1 saturated heterocycles. The maximum Gasteiger partial charge on any atom is 0.258 e. The van der Waals surface area contributed by atoms with Crippen LogP contribution in [0.3, 0.4) is 0 Å². The largest absolute Gasteiger partial charge is 0.507 e. The van der Waals surface area contributed by atoms with E-state index in [-0.39, 0.29) is 17.7 Å². The van der Waals surface area contributed by atoms with Crippen LogP contribution in [0.5, 0.6) is 5.75 Å². The predicted octanol–water partition coefficient (Wildman–Crippen LogP) is 1.35. The molecule has 23 heavy (non-hydrogen) atoms. The first-order valence-electron chi connectivity index (χ1n) is 7.32. The Bertz CT molecular complexity index is 726. The summed E-state index contributed by atoms with van der Waals surface area (Å²) in [5, 5.41) is 13.5. The van der Waals surface area contributed by atoms with Crippen LogP contribution in [0, 0.1) is 6.92 Å². The van der Waals surface area contributed by atoms with Crippen LogP contribution in [0.4, 0.5) is 0 Å². The van der Waals surface area contributed by atoms with Crippen LogP contribution in [0.25, 0.3) is 0 Å². The second-order valence-electron chi connectivity index (χ2n) is 5.37. The predicted molar refractivity (Wildman–Crippen MR) is 84.7 cm³/mol. The Labute approximate surface area is 133 Å². The standard InChI is InChI=1S/C16H18N4O3/c1-10-6-7-15(23-10)12-8-13(19-18-12)16(22)20-17-9-11-4-2-3-5-14(11)21/h2-7,9,12-13,18-19,21H,8H2,1H3,(H,20,22)/b17-9+. The second-order valence-corrected chi connectivity index (χ2v) is 5.37. The Morgan fingerprint density at radius 1 is 1.35 bits per heavy atom. The fourth-order valence-electron chi connectivity index (χ4n) is 2.40. The quantitative estimate of drug-likeness (QED) is 0.504. The number of aryl methyl sites for hydroxylation is 1. The van der Waals surface area contributed by atoms with Gasteiger partial charge in [0.1, 0.15) is 23.3 Å². The van der Waals surface area contributed by atoms with E-state index in [0.717, 1.165) is 11.5 Å². The summed E-state index contributed by atoms with van der Waals surface area (Å²) in [7, 11) is 0. The summed E-state index contributed by atoms with van der Waals surface area (Å²) in [6, 6.07) is 10.1. The number of phenols is 1. The molecule has 0 bridgehead atoms. The van der Waals surface area contributed by atoms with Crippen LogP contribution >= 0.6 is 0 Å². The molecule has 2 heterocycles. The molecule has 120 valence electrons. The zero-order chi connectivity index (χ0) is 16.2. The van der Waals surface area contributed by atoms with Gasteiger partial charge in [-0.3, -0.25) is 4.79 Å². The Morgan fingerprint density at radius 3 is 2.91 bits per heavy atom. The van der Waals surface area contributed by atoms with E-state index in [0.29, 0.717) is 12.0 Å². The lowest BCUT2D eigenvalue weighted by Gasteiger charge is -2.06. The number of phenolic OH excluding ortho intramolecular Hbond substituents is 1. The first kappa shape index (κ1) is 15.3. The highest BCUT2D eigenvalue weighted by Gasteiger charge is 2.31. The van der Waals surface area contributed by atoms with Crippen molar-refractivity contribution in [3.8, 4) is 5.75 Å². The smallest absolute Gasteiger partial charge is 0.258 e. The van der Waals surface area contributed by atoms with Gasteiger partial charge in [0.15, 0.2) is 0 Å². The number of aromatic hydroxyl groups is 1. The van der Waals surface area contributed by atoms with Crippen LogP contribution in [0.2, 0.25) is 0 Å². The molecule has 0 radical (unpaired) electrons. The molecule has 1 fully saturated rings. The number of nitrogens with zero attached hydrogens (tertiary/aromatic N) is 1. The minimum atomic E-state index is -0.410. The number of nitrogens with one attached hydrogen (secondary N) is 3. The van der Waals surface area contributed by atoms with Crippen molar-refractivity contribution in [3.63, 3.8) is 0 Å². The van der Waals surface area contributed by atoms with Gasteiger partial charge in [-0.2, -0.15) is 5.10 Å². The first-order valence-corrected chi connectivity index (χ1v) is 7.32. The molecule has 4 N–H and O–H groups in total. The molecule has 3 rings (SSSR count). The summed E-state index contributed by atoms with van der Waals surface area (Å²) in [6.45, 7) is 1.88. The molecule has 0 spiro atoms. The van der Waals surface area contributed by atoms with Crippen molar-refractivity contribution < 1.29 is 14.3 Å². The lowest BCUT2D eigenvalue weighted by atomic mass is 10.1. The maximum absolute atomic E-state index is 12.1. The van der Waals surface area contributed by atoms with Gasteiger partial charge < -0.3 is 9.52 Å². The topological polar surface area (TPSA) is 98.9 Å². The maximum atomic E-state index is 12.1. The monoisotopic (exact) mass is 314 g/mol. The lowest BCUT2D eigenvalue weighted by Crippen LogP contribution is -2.41. The van der Waals surface area contributed by atoms with Gasteiger partial charge in [-0.05, 0) is 37.6 Å². The summed E-state index contributed by atoms with van der Waals surface area (Å²) in [6.07, 6.45) is 1.97. The number of hydrazine groups is 1. The number of hydrogen-bond donors (Lipinski definition) is 4. The number of para-hydroxylation sites is 1. The second kappa shape index (κ2) is 6.64. The van der Waals surface area contributed by atoms with Crippen molar-refractivity contribution in [3.05, 3.63) is 53.5 Å². The molecule has 0 saturated carbocycles. The van der Waals surface area contributed by atoms with Crippen molar-refractivity contribution in [2.75, 3.05) is 0 Å². The van der Waals surface area contributed by atoms with E-state index in [2.05, 4.69) is 21.4 Å². The number of furan rings is 1. The van der Waals surface area contributed by atoms with Crippen LogP contribution in [0.1, 0.15) is 29.5 Å². The van der Waals surface area contributed by atoms with Gasteiger partial charge in [0.2, 0.25) is 0 Å². The molecule has 2 unspecified atom stereocenters. The van der Waals surface area contributed by atoms with Gasteiger partial charge in [0.05, 0.1) is 12.3 Å². The molecule has 0 aliphatic carbocycles. The number of carbonyl (C=O) groups is 1. The van der Waals surface area contributed by atoms with Crippen LogP contribution in [-0.2, 0) is 4.79 Å². The lowest BCUT2D eigenvalue weighted by molar-refractivity contribution is -0.122. The molecule has 7 nitrogen and oxygen atoms in total. The van der Waals surface area contributed by atoms with Gasteiger partial charge in [0, 0.05) is 5.56 Å². The fraction of sp³-hybridized carbons (Fsp3) is 0.250. The molecule has 2 aromatic rings. The van der Waals surface area contributed by atoms with E-state index in [9.17, 15) is 9.90 Å². The average Bonchev–Trinajstić information content (AvgIpc) is 3.18. The van der Waals surface area contributed by atoms with E-state index in [1.54, 1.807) is 24.3 Å². The summed E-state index contributed by atoms with van der Waals surface area (Å²) in [5.74, 6) is 1.49. The van der Waals surface area contributed by atoms with Gasteiger partial charge in [-0.25, -0.2) is 16.3 Å². The highest BCUT2D eigenvalue weighted by atomic mass is 16.3. The van der Waals surface area contributed by atoms with Crippen LogP contribution < -0.4 is 16.3 Å². The molecule has 1 amide bonds. The highest BCUT2D eigenvalue weighted by molar-refractivity contribution is 5.86. The minimum Gasteiger partial charge on any atom is -0.507 e. The number of hydrogen-bond acceptors (Lipinski definition) is 6. The van der Waals surface area contributed by atoms with E-state index >= 15 is 0 Å². The van der Waals surface area contributed by atoms with E-state index in [4.69, 9.17) is 4.42 Å². The van der Waals surface area contributed by atoms with Crippen molar-refractivity contribution in [2.24, 2.45) is 5.10 Å². The Hall–Kier alpha value is -2.64. The molecule has 1 aromatic heterocycles. The van der Waals surface area contributed by atoms with Crippen molar-refractivity contribution >= 4 is 12.1 Å². The van der Waals surface area contributed by atoms with Crippen LogP contribution in [-0.4, -0.2) is 23.3 Å². The van der Waals surface area contributed by atoms with Crippen molar-refractivity contribution in [2.45, 2.75) is 25.4 Å². The average molecular weight is 314 g/mol. The third-order valence-electron chi connectivity index (χ3n) is 3.64. The normalized spacial score (nSPS) is 20.9. The Morgan fingerprint density at radius 2 is 2.17 bits per heavy atom. The third-order valence-corrected chi connectivity index (χ3v) is 3.64. The fourth-order valence-corrected chi connectivity index (χ4v) is 2.40. The molecular weight excluding hydrogens is 296 g/mol.